The zero-order chi connectivity index (χ0) is 22.7. The first-order valence-electron chi connectivity index (χ1n) is 10.6. The van der Waals surface area contributed by atoms with Crippen molar-refractivity contribution < 1.29 is 14.3 Å². The molecular formula is C25H26ClN3O3. The Morgan fingerprint density at radius 3 is 2.28 bits per heavy atom. The Bertz CT molecular complexity index is 1120. The molecule has 3 aromatic rings. The van der Waals surface area contributed by atoms with Gasteiger partial charge in [0.2, 0.25) is 5.91 Å². The summed E-state index contributed by atoms with van der Waals surface area (Å²) in [6.07, 6.45) is 0. The number of rotatable bonds is 5. The minimum atomic E-state index is -0.0921. The van der Waals surface area contributed by atoms with E-state index in [4.69, 9.17) is 16.3 Å². The van der Waals surface area contributed by atoms with E-state index in [1.165, 1.54) is 0 Å². The number of ether oxygens (including phenoxy) is 1. The lowest BCUT2D eigenvalue weighted by molar-refractivity contribution is -0.129. The highest BCUT2D eigenvalue weighted by Crippen LogP contribution is 2.31. The average molecular weight is 452 g/mol. The van der Waals surface area contributed by atoms with Crippen LogP contribution in [0, 0.1) is 6.92 Å². The van der Waals surface area contributed by atoms with Crippen LogP contribution in [0.1, 0.15) is 16.1 Å². The normalized spacial score (nSPS) is 13.8. The van der Waals surface area contributed by atoms with Crippen LogP contribution in [0.25, 0.3) is 16.9 Å². The largest absolute Gasteiger partial charge is 0.497 e. The summed E-state index contributed by atoms with van der Waals surface area (Å²) in [5, 5.41) is 0. The SMILES string of the molecule is COc1cccc(-n2c(-c3ccccc3)cc(C(=O)N3CCN(C(=O)CCl)CC3)c2C)c1. The molecule has 7 heteroatoms. The number of hydrogen-bond acceptors (Lipinski definition) is 3. The Morgan fingerprint density at radius 2 is 1.62 bits per heavy atom. The molecule has 0 saturated carbocycles. The molecular weight excluding hydrogens is 426 g/mol. The number of carbonyl (C=O) groups excluding carboxylic acids is 2. The van der Waals surface area contributed by atoms with Crippen molar-refractivity contribution in [2.75, 3.05) is 39.2 Å². The average Bonchev–Trinajstić information content (AvgIpc) is 3.20. The molecule has 2 amide bonds. The Balaban J connectivity index is 1.72. The van der Waals surface area contributed by atoms with Gasteiger partial charge in [-0.1, -0.05) is 36.4 Å². The van der Waals surface area contributed by atoms with Crippen molar-refractivity contribution in [3.8, 4) is 22.7 Å². The summed E-state index contributed by atoms with van der Waals surface area (Å²) in [5.74, 6) is 0.601. The van der Waals surface area contributed by atoms with Crippen molar-refractivity contribution in [1.29, 1.82) is 0 Å². The zero-order valence-electron chi connectivity index (χ0n) is 18.3. The maximum atomic E-state index is 13.5. The van der Waals surface area contributed by atoms with Crippen LogP contribution in [0.5, 0.6) is 5.75 Å². The third-order valence-electron chi connectivity index (χ3n) is 5.89. The van der Waals surface area contributed by atoms with Gasteiger partial charge in [0, 0.05) is 43.6 Å². The Hall–Kier alpha value is -3.25. The van der Waals surface area contributed by atoms with Gasteiger partial charge in [0.15, 0.2) is 0 Å². The molecule has 2 heterocycles. The van der Waals surface area contributed by atoms with Gasteiger partial charge in [-0.05, 0) is 30.7 Å². The van der Waals surface area contributed by atoms with Crippen molar-refractivity contribution in [3.63, 3.8) is 0 Å². The zero-order valence-corrected chi connectivity index (χ0v) is 19.0. The van der Waals surface area contributed by atoms with Gasteiger partial charge in [-0.15, -0.1) is 11.6 Å². The van der Waals surface area contributed by atoms with E-state index in [-0.39, 0.29) is 17.7 Å². The summed E-state index contributed by atoms with van der Waals surface area (Å²) in [6, 6.07) is 19.8. The first kappa shape index (κ1) is 22.0. The lowest BCUT2D eigenvalue weighted by Gasteiger charge is -2.34. The van der Waals surface area contributed by atoms with Crippen molar-refractivity contribution in [3.05, 3.63) is 71.9 Å². The fourth-order valence-corrected chi connectivity index (χ4v) is 4.31. The number of carbonyl (C=O) groups is 2. The lowest BCUT2D eigenvalue weighted by atomic mass is 10.1. The third kappa shape index (κ3) is 4.23. The van der Waals surface area contributed by atoms with E-state index in [0.717, 1.165) is 28.4 Å². The van der Waals surface area contributed by atoms with E-state index in [2.05, 4.69) is 4.57 Å². The van der Waals surface area contributed by atoms with Crippen LogP contribution in [0.2, 0.25) is 0 Å². The second-order valence-corrected chi connectivity index (χ2v) is 8.01. The number of benzene rings is 2. The number of alkyl halides is 1. The van der Waals surface area contributed by atoms with Crippen molar-refractivity contribution in [2.45, 2.75) is 6.92 Å². The van der Waals surface area contributed by atoms with Crippen molar-refractivity contribution >= 4 is 23.4 Å². The smallest absolute Gasteiger partial charge is 0.255 e. The molecule has 0 unspecified atom stereocenters. The molecule has 1 aliphatic heterocycles. The fourth-order valence-electron chi connectivity index (χ4n) is 4.14. The van der Waals surface area contributed by atoms with Crippen molar-refractivity contribution in [1.82, 2.24) is 14.4 Å². The quantitative estimate of drug-likeness (QED) is 0.551. The number of aromatic nitrogens is 1. The molecule has 4 rings (SSSR count). The second kappa shape index (κ2) is 9.49. The lowest BCUT2D eigenvalue weighted by Crippen LogP contribution is -2.51. The molecule has 0 spiro atoms. The molecule has 0 aliphatic carbocycles. The molecule has 6 nitrogen and oxygen atoms in total. The van der Waals surface area contributed by atoms with Gasteiger partial charge in [0.1, 0.15) is 11.6 Å². The predicted molar refractivity (Wildman–Crippen MR) is 126 cm³/mol. The van der Waals surface area contributed by atoms with Crippen LogP contribution >= 0.6 is 11.6 Å². The maximum absolute atomic E-state index is 13.5. The molecule has 32 heavy (non-hydrogen) atoms. The molecule has 166 valence electrons. The number of amides is 2. The molecule has 1 aromatic heterocycles. The van der Waals surface area contributed by atoms with E-state index < -0.39 is 0 Å². The highest BCUT2D eigenvalue weighted by atomic mass is 35.5. The first-order chi connectivity index (χ1) is 15.5. The fraction of sp³-hybridized carbons (Fsp3) is 0.280. The van der Waals surface area contributed by atoms with Gasteiger partial charge < -0.3 is 19.1 Å². The number of halogens is 1. The Labute approximate surface area is 193 Å². The summed E-state index contributed by atoms with van der Waals surface area (Å²) in [6.45, 7) is 3.95. The summed E-state index contributed by atoms with van der Waals surface area (Å²) < 4.78 is 7.52. The first-order valence-corrected chi connectivity index (χ1v) is 11.1. The molecule has 0 atom stereocenters. The topological polar surface area (TPSA) is 54.8 Å². The summed E-state index contributed by atoms with van der Waals surface area (Å²) in [4.78, 5) is 28.9. The van der Waals surface area contributed by atoms with Gasteiger partial charge in [-0.2, -0.15) is 0 Å². The molecule has 0 radical (unpaired) electrons. The van der Waals surface area contributed by atoms with E-state index in [1.54, 1.807) is 12.0 Å². The third-order valence-corrected chi connectivity index (χ3v) is 6.12. The van der Waals surface area contributed by atoms with Crippen LogP contribution in [0.3, 0.4) is 0 Å². The van der Waals surface area contributed by atoms with E-state index in [0.29, 0.717) is 31.7 Å². The standard InChI is InChI=1S/C25H26ClN3O3/c1-18-22(25(31)28-13-11-27(12-14-28)24(30)17-26)16-23(19-7-4-3-5-8-19)29(18)20-9-6-10-21(15-20)32-2/h3-10,15-16H,11-14,17H2,1-2H3. The van der Waals surface area contributed by atoms with E-state index in [9.17, 15) is 9.59 Å². The molecule has 1 aliphatic rings. The second-order valence-electron chi connectivity index (χ2n) is 7.74. The molecule has 1 saturated heterocycles. The summed E-state index contributed by atoms with van der Waals surface area (Å²) >= 11 is 5.68. The minimum Gasteiger partial charge on any atom is -0.497 e. The van der Waals surface area contributed by atoms with Crippen LogP contribution in [-0.2, 0) is 4.79 Å². The monoisotopic (exact) mass is 451 g/mol. The Morgan fingerprint density at radius 1 is 0.938 bits per heavy atom. The van der Waals surface area contributed by atoms with Crippen LogP contribution < -0.4 is 4.74 Å². The van der Waals surface area contributed by atoms with Crippen LogP contribution in [0.15, 0.2) is 60.7 Å². The highest BCUT2D eigenvalue weighted by Gasteiger charge is 2.27. The van der Waals surface area contributed by atoms with E-state index in [1.807, 2.05) is 72.5 Å². The molecule has 1 fully saturated rings. The number of nitrogens with zero attached hydrogens (tertiary/aromatic N) is 3. The summed E-state index contributed by atoms with van der Waals surface area (Å²) in [7, 11) is 1.64. The highest BCUT2D eigenvalue weighted by molar-refractivity contribution is 6.27. The Kier molecular flexibility index (Phi) is 6.51. The van der Waals surface area contributed by atoms with Crippen molar-refractivity contribution in [2.24, 2.45) is 0 Å². The summed E-state index contributed by atoms with van der Waals surface area (Å²) in [5.41, 5.74) is 4.41. The number of hydrogen-bond donors (Lipinski definition) is 0. The van der Waals surface area contributed by atoms with Gasteiger partial charge in [-0.3, -0.25) is 9.59 Å². The molecule has 2 aromatic carbocycles. The van der Waals surface area contributed by atoms with Gasteiger partial charge in [-0.25, -0.2) is 0 Å². The van der Waals surface area contributed by atoms with Gasteiger partial charge in [0.05, 0.1) is 18.4 Å². The number of piperazine rings is 1. The minimum absolute atomic E-state index is 0.0284. The van der Waals surface area contributed by atoms with Crippen LogP contribution in [-0.4, -0.2) is 65.4 Å². The van der Waals surface area contributed by atoms with Gasteiger partial charge in [0.25, 0.3) is 5.91 Å². The number of methoxy groups -OCH3 is 1. The van der Waals surface area contributed by atoms with Crippen LogP contribution in [0.4, 0.5) is 0 Å². The van der Waals surface area contributed by atoms with Gasteiger partial charge >= 0.3 is 0 Å². The maximum Gasteiger partial charge on any atom is 0.255 e. The molecule has 0 N–H and O–H groups in total. The predicted octanol–water partition coefficient (Wildman–Crippen LogP) is 3.98. The molecule has 0 bridgehead atoms. The van der Waals surface area contributed by atoms with E-state index >= 15 is 0 Å².